The number of hydrogen-bond donors (Lipinski definition) is 1. The molecule has 0 saturated heterocycles. The minimum absolute atomic E-state index is 0.136. The van der Waals surface area contributed by atoms with Gasteiger partial charge in [-0.15, -0.1) is 21.5 Å². The average molecular weight is 364 g/mol. The average Bonchev–Trinajstić information content (AvgIpc) is 3.18. The van der Waals surface area contributed by atoms with Crippen LogP contribution in [0.1, 0.15) is 10.7 Å². The second-order valence-corrected chi connectivity index (χ2v) is 6.73. The molecule has 3 rings (SSSR count). The van der Waals surface area contributed by atoms with Crippen molar-refractivity contribution >= 4 is 33.7 Å². The number of carbonyl (C=O) groups is 1. The maximum atomic E-state index is 12.9. The second-order valence-electron chi connectivity index (χ2n) is 4.81. The van der Waals surface area contributed by atoms with E-state index in [-0.39, 0.29) is 18.1 Å². The van der Waals surface area contributed by atoms with Crippen molar-refractivity contribution in [2.24, 2.45) is 0 Å². The number of aromatic nitrogens is 3. The molecule has 24 heavy (non-hydrogen) atoms. The SMILES string of the molecule is COCc1nnc(NC(=O)Cc2csc(-c3ccc(F)cc3)n2)s1. The van der Waals surface area contributed by atoms with Crippen molar-refractivity contribution in [1.82, 2.24) is 15.2 Å². The Morgan fingerprint density at radius 1 is 1.29 bits per heavy atom. The van der Waals surface area contributed by atoms with Gasteiger partial charge in [-0.2, -0.15) is 0 Å². The van der Waals surface area contributed by atoms with Crippen molar-refractivity contribution in [2.75, 3.05) is 12.4 Å². The van der Waals surface area contributed by atoms with Gasteiger partial charge in [-0.25, -0.2) is 9.37 Å². The molecule has 0 fully saturated rings. The quantitative estimate of drug-likeness (QED) is 0.727. The first-order valence-corrected chi connectivity index (χ1v) is 8.65. The number of nitrogens with zero attached hydrogens (tertiary/aromatic N) is 3. The first-order chi connectivity index (χ1) is 11.6. The highest BCUT2D eigenvalue weighted by atomic mass is 32.1. The van der Waals surface area contributed by atoms with E-state index >= 15 is 0 Å². The van der Waals surface area contributed by atoms with Crippen LogP contribution < -0.4 is 5.32 Å². The number of thiazole rings is 1. The lowest BCUT2D eigenvalue weighted by molar-refractivity contribution is -0.115. The van der Waals surface area contributed by atoms with Gasteiger partial charge in [0.1, 0.15) is 22.4 Å². The summed E-state index contributed by atoms with van der Waals surface area (Å²) in [6.45, 7) is 0.362. The minimum atomic E-state index is -0.292. The number of rotatable bonds is 6. The molecule has 0 spiro atoms. The van der Waals surface area contributed by atoms with Gasteiger partial charge in [-0.3, -0.25) is 4.79 Å². The molecule has 0 aliphatic heterocycles. The number of benzene rings is 1. The van der Waals surface area contributed by atoms with Crippen LogP contribution in [0.3, 0.4) is 0 Å². The van der Waals surface area contributed by atoms with Gasteiger partial charge in [0.15, 0.2) is 0 Å². The fraction of sp³-hybridized carbons (Fsp3) is 0.200. The Bertz CT molecular complexity index is 832. The molecule has 1 N–H and O–H groups in total. The number of hydrogen-bond acceptors (Lipinski definition) is 7. The zero-order chi connectivity index (χ0) is 16.9. The van der Waals surface area contributed by atoms with Gasteiger partial charge in [0.2, 0.25) is 11.0 Å². The Balaban J connectivity index is 1.61. The van der Waals surface area contributed by atoms with Gasteiger partial charge < -0.3 is 10.1 Å². The summed E-state index contributed by atoms with van der Waals surface area (Å²) >= 11 is 2.68. The van der Waals surface area contributed by atoms with Crippen molar-refractivity contribution in [3.05, 3.63) is 46.2 Å². The fourth-order valence-electron chi connectivity index (χ4n) is 1.93. The van der Waals surface area contributed by atoms with E-state index in [1.54, 1.807) is 19.2 Å². The monoisotopic (exact) mass is 364 g/mol. The van der Waals surface area contributed by atoms with E-state index in [1.807, 2.05) is 5.38 Å². The van der Waals surface area contributed by atoms with E-state index in [2.05, 4.69) is 20.5 Å². The molecule has 6 nitrogen and oxygen atoms in total. The first-order valence-electron chi connectivity index (χ1n) is 6.95. The molecule has 2 heterocycles. The topological polar surface area (TPSA) is 77.0 Å². The van der Waals surface area contributed by atoms with Crippen LogP contribution >= 0.6 is 22.7 Å². The van der Waals surface area contributed by atoms with Crippen molar-refractivity contribution in [1.29, 1.82) is 0 Å². The number of methoxy groups -OCH3 is 1. The predicted octanol–water partition coefficient (Wildman–Crippen LogP) is 3.13. The van der Waals surface area contributed by atoms with Crippen molar-refractivity contribution in [3.8, 4) is 10.6 Å². The highest BCUT2D eigenvalue weighted by Crippen LogP contribution is 2.24. The molecule has 0 bridgehead atoms. The van der Waals surface area contributed by atoms with E-state index < -0.39 is 0 Å². The number of carbonyl (C=O) groups excluding carboxylic acids is 1. The summed E-state index contributed by atoms with van der Waals surface area (Å²) in [5.41, 5.74) is 1.47. The number of amides is 1. The van der Waals surface area contributed by atoms with Crippen molar-refractivity contribution < 1.29 is 13.9 Å². The standard InChI is InChI=1S/C15H13FN4O2S2/c1-22-7-13-19-20-15(24-13)18-12(21)6-11-8-23-14(17-11)9-2-4-10(16)5-3-9/h2-5,8H,6-7H2,1H3,(H,18,20,21). The van der Waals surface area contributed by atoms with Crippen molar-refractivity contribution in [2.45, 2.75) is 13.0 Å². The van der Waals surface area contributed by atoms with Gasteiger partial charge >= 0.3 is 0 Å². The Hall–Kier alpha value is -2.23. The molecule has 0 atom stereocenters. The van der Waals surface area contributed by atoms with Gasteiger partial charge in [0, 0.05) is 18.1 Å². The molecule has 0 aliphatic rings. The van der Waals surface area contributed by atoms with E-state index in [0.717, 1.165) is 10.6 Å². The lowest BCUT2D eigenvalue weighted by atomic mass is 10.2. The second kappa shape index (κ2) is 7.56. The van der Waals surface area contributed by atoms with Crippen LogP contribution in [0, 0.1) is 5.82 Å². The third kappa shape index (κ3) is 4.19. The number of nitrogens with one attached hydrogen (secondary N) is 1. The van der Waals surface area contributed by atoms with Crippen LogP contribution in [0.2, 0.25) is 0 Å². The lowest BCUT2D eigenvalue weighted by Crippen LogP contribution is -2.14. The Kier molecular flexibility index (Phi) is 5.24. The maximum Gasteiger partial charge on any atom is 0.232 e. The summed E-state index contributed by atoms with van der Waals surface area (Å²) in [7, 11) is 1.57. The van der Waals surface area contributed by atoms with E-state index in [9.17, 15) is 9.18 Å². The molecule has 9 heteroatoms. The summed E-state index contributed by atoms with van der Waals surface area (Å²) in [6, 6.07) is 6.10. The van der Waals surface area contributed by atoms with Crippen LogP contribution in [0.15, 0.2) is 29.6 Å². The van der Waals surface area contributed by atoms with Gasteiger partial charge in [0.05, 0.1) is 12.1 Å². The third-order valence-electron chi connectivity index (χ3n) is 2.97. The molecule has 2 aromatic heterocycles. The molecule has 1 aromatic carbocycles. The molecule has 0 aliphatic carbocycles. The first kappa shape index (κ1) is 16.6. The molecular weight excluding hydrogens is 351 g/mol. The summed E-state index contributed by atoms with van der Waals surface area (Å²) in [5.74, 6) is -0.508. The number of anilines is 1. The zero-order valence-corrected chi connectivity index (χ0v) is 14.3. The Labute approximate surface area is 145 Å². The smallest absolute Gasteiger partial charge is 0.232 e. The van der Waals surface area contributed by atoms with Gasteiger partial charge in [-0.1, -0.05) is 11.3 Å². The largest absolute Gasteiger partial charge is 0.377 e. The van der Waals surface area contributed by atoms with Crippen LogP contribution in [-0.4, -0.2) is 28.2 Å². The molecule has 124 valence electrons. The van der Waals surface area contributed by atoms with Crippen molar-refractivity contribution in [3.63, 3.8) is 0 Å². The highest BCUT2D eigenvalue weighted by Gasteiger charge is 2.12. The van der Waals surface area contributed by atoms with Crippen LogP contribution in [0.5, 0.6) is 0 Å². The molecule has 1 amide bonds. The van der Waals surface area contributed by atoms with Crippen LogP contribution in [0.25, 0.3) is 10.6 Å². The minimum Gasteiger partial charge on any atom is -0.377 e. The Morgan fingerprint density at radius 3 is 2.83 bits per heavy atom. The van der Waals surface area contributed by atoms with Crippen LogP contribution in [-0.2, 0) is 22.6 Å². The molecule has 0 unspecified atom stereocenters. The molecule has 0 radical (unpaired) electrons. The third-order valence-corrected chi connectivity index (χ3v) is 4.72. The summed E-state index contributed by atoms with van der Waals surface area (Å²) < 4.78 is 17.9. The summed E-state index contributed by atoms with van der Waals surface area (Å²) in [4.78, 5) is 16.5. The predicted molar refractivity (Wildman–Crippen MR) is 90.5 cm³/mol. The lowest BCUT2D eigenvalue weighted by Gasteiger charge is -1.98. The van der Waals surface area contributed by atoms with E-state index in [0.29, 0.717) is 22.4 Å². The van der Waals surface area contributed by atoms with Gasteiger partial charge in [-0.05, 0) is 24.3 Å². The fourth-order valence-corrected chi connectivity index (χ4v) is 3.48. The Morgan fingerprint density at radius 2 is 2.08 bits per heavy atom. The van der Waals surface area contributed by atoms with Crippen LogP contribution in [0.4, 0.5) is 9.52 Å². The molecular formula is C15H13FN4O2S2. The molecule has 0 saturated carbocycles. The highest BCUT2D eigenvalue weighted by molar-refractivity contribution is 7.15. The van der Waals surface area contributed by atoms with E-state index in [4.69, 9.17) is 4.74 Å². The summed E-state index contributed by atoms with van der Waals surface area (Å²) in [6.07, 6.45) is 0.136. The zero-order valence-electron chi connectivity index (χ0n) is 12.7. The maximum absolute atomic E-state index is 12.9. The van der Waals surface area contributed by atoms with E-state index in [1.165, 1.54) is 34.8 Å². The summed E-state index contributed by atoms with van der Waals surface area (Å²) in [5, 5.41) is 14.2. The number of halogens is 1. The number of ether oxygens (including phenoxy) is 1. The molecule has 3 aromatic rings. The normalized spacial score (nSPS) is 10.8. The van der Waals surface area contributed by atoms with Gasteiger partial charge in [0.25, 0.3) is 0 Å².